The lowest BCUT2D eigenvalue weighted by atomic mass is 10.1. The Bertz CT molecular complexity index is 674. The fourth-order valence-corrected chi connectivity index (χ4v) is 3.86. The highest BCUT2D eigenvalue weighted by atomic mass is 32.2. The third-order valence-corrected chi connectivity index (χ3v) is 4.92. The van der Waals surface area contributed by atoms with Gasteiger partial charge in [0.15, 0.2) is 9.84 Å². The molecule has 0 aliphatic carbocycles. The molecule has 0 amide bonds. The number of aliphatic carboxylic acids is 1. The standard InChI is InChI=1S/C11H13N3O6S/c15-11(16)5-8-7-21(19,20)4-3-13(8)9-1-2-12-6-10(9)14(17)18/h1-2,6,8H,3-5,7H2,(H,15,16). The van der Waals surface area contributed by atoms with Crippen LogP contribution in [0.5, 0.6) is 0 Å². The van der Waals surface area contributed by atoms with Crippen molar-refractivity contribution in [2.45, 2.75) is 12.5 Å². The molecule has 21 heavy (non-hydrogen) atoms. The predicted molar refractivity (Wildman–Crippen MR) is 72.9 cm³/mol. The van der Waals surface area contributed by atoms with Gasteiger partial charge in [0.2, 0.25) is 0 Å². The number of sulfone groups is 1. The number of carboxylic acid groups (broad SMARTS) is 1. The van der Waals surface area contributed by atoms with Crippen molar-refractivity contribution < 1.29 is 23.2 Å². The van der Waals surface area contributed by atoms with Crippen LogP contribution < -0.4 is 4.90 Å². The Morgan fingerprint density at radius 1 is 1.57 bits per heavy atom. The van der Waals surface area contributed by atoms with Crippen LogP contribution >= 0.6 is 0 Å². The average Bonchev–Trinajstić information content (AvgIpc) is 2.37. The summed E-state index contributed by atoms with van der Waals surface area (Å²) in [6.07, 6.45) is 2.01. The van der Waals surface area contributed by atoms with Gasteiger partial charge in [-0.1, -0.05) is 0 Å². The third-order valence-electron chi connectivity index (χ3n) is 3.22. The zero-order chi connectivity index (χ0) is 15.6. The van der Waals surface area contributed by atoms with E-state index < -0.39 is 33.2 Å². The molecule has 9 nitrogen and oxygen atoms in total. The number of nitrogens with zero attached hydrogens (tertiary/aromatic N) is 3. The van der Waals surface area contributed by atoms with Gasteiger partial charge >= 0.3 is 11.7 Å². The van der Waals surface area contributed by atoms with E-state index in [0.717, 1.165) is 6.20 Å². The molecule has 0 bridgehead atoms. The molecule has 0 radical (unpaired) electrons. The third kappa shape index (κ3) is 3.45. The van der Waals surface area contributed by atoms with Crippen LogP contribution in [0.25, 0.3) is 0 Å². The molecule has 1 unspecified atom stereocenters. The largest absolute Gasteiger partial charge is 0.481 e. The molecule has 1 aliphatic heterocycles. The molecule has 1 aromatic heterocycles. The molecule has 2 rings (SSSR count). The lowest BCUT2D eigenvalue weighted by Gasteiger charge is -2.35. The molecular formula is C11H13N3O6S. The van der Waals surface area contributed by atoms with E-state index in [1.165, 1.54) is 17.2 Å². The Balaban J connectivity index is 2.41. The van der Waals surface area contributed by atoms with Crippen molar-refractivity contribution in [1.29, 1.82) is 0 Å². The van der Waals surface area contributed by atoms with E-state index in [9.17, 15) is 23.3 Å². The Labute approximate surface area is 120 Å². The zero-order valence-corrected chi connectivity index (χ0v) is 11.7. The van der Waals surface area contributed by atoms with Gasteiger partial charge in [-0.2, -0.15) is 0 Å². The fraction of sp³-hybridized carbons (Fsp3) is 0.455. The van der Waals surface area contributed by atoms with Crippen molar-refractivity contribution in [3.05, 3.63) is 28.6 Å². The predicted octanol–water partition coefficient (Wildman–Crippen LogP) is 0.0679. The van der Waals surface area contributed by atoms with Crippen molar-refractivity contribution in [2.24, 2.45) is 0 Å². The maximum Gasteiger partial charge on any atom is 0.310 e. The minimum Gasteiger partial charge on any atom is -0.481 e. The van der Waals surface area contributed by atoms with E-state index in [-0.39, 0.29) is 29.4 Å². The van der Waals surface area contributed by atoms with Crippen molar-refractivity contribution in [3.8, 4) is 0 Å². The fourth-order valence-electron chi connectivity index (χ4n) is 2.34. The van der Waals surface area contributed by atoms with Gasteiger partial charge in [0.05, 0.1) is 28.9 Å². The van der Waals surface area contributed by atoms with E-state index in [4.69, 9.17) is 5.11 Å². The summed E-state index contributed by atoms with van der Waals surface area (Å²) in [5.41, 5.74) is -0.0802. The Morgan fingerprint density at radius 2 is 2.29 bits per heavy atom. The Hall–Kier alpha value is -2.23. The van der Waals surface area contributed by atoms with Crippen LogP contribution in [0.4, 0.5) is 11.4 Å². The topological polar surface area (TPSA) is 131 Å². The minimum atomic E-state index is -3.34. The number of rotatable bonds is 4. The van der Waals surface area contributed by atoms with Gasteiger partial charge in [-0.3, -0.25) is 19.9 Å². The van der Waals surface area contributed by atoms with Gasteiger partial charge in [0.25, 0.3) is 0 Å². The molecule has 1 atom stereocenters. The number of pyridine rings is 1. The van der Waals surface area contributed by atoms with Crippen LogP contribution in [-0.2, 0) is 14.6 Å². The van der Waals surface area contributed by atoms with Crippen LogP contribution in [0.2, 0.25) is 0 Å². The lowest BCUT2D eigenvalue weighted by molar-refractivity contribution is -0.384. The van der Waals surface area contributed by atoms with Gasteiger partial charge < -0.3 is 10.0 Å². The van der Waals surface area contributed by atoms with Crippen molar-refractivity contribution in [1.82, 2.24) is 4.98 Å². The molecule has 0 saturated carbocycles. The number of carbonyl (C=O) groups is 1. The van der Waals surface area contributed by atoms with Crippen LogP contribution in [0.3, 0.4) is 0 Å². The highest BCUT2D eigenvalue weighted by molar-refractivity contribution is 7.91. The molecule has 0 aromatic carbocycles. The van der Waals surface area contributed by atoms with Gasteiger partial charge in [-0.25, -0.2) is 8.42 Å². The second-order valence-electron chi connectivity index (χ2n) is 4.68. The van der Waals surface area contributed by atoms with Crippen LogP contribution in [0.15, 0.2) is 18.5 Å². The monoisotopic (exact) mass is 315 g/mol. The lowest BCUT2D eigenvalue weighted by Crippen LogP contribution is -2.49. The van der Waals surface area contributed by atoms with Gasteiger partial charge in [-0.05, 0) is 6.07 Å². The molecule has 10 heteroatoms. The van der Waals surface area contributed by atoms with Crippen LogP contribution in [0, 0.1) is 10.1 Å². The maximum absolute atomic E-state index is 11.7. The molecule has 1 N–H and O–H groups in total. The van der Waals surface area contributed by atoms with Gasteiger partial charge in [0.1, 0.15) is 11.9 Å². The van der Waals surface area contributed by atoms with Gasteiger partial charge in [0, 0.05) is 12.7 Å². The van der Waals surface area contributed by atoms with E-state index >= 15 is 0 Å². The summed E-state index contributed by atoms with van der Waals surface area (Å²) in [6.45, 7) is 0.0190. The summed E-state index contributed by atoms with van der Waals surface area (Å²) in [5.74, 6) is -1.65. The zero-order valence-electron chi connectivity index (χ0n) is 10.9. The number of aromatic nitrogens is 1. The normalized spacial score (nSPS) is 21.0. The molecular weight excluding hydrogens is 302 g/mol. The quantitative estimate of drug-likeness (QED) is 0.610. The molecule has 114 valence electrons. The SMILES string of the molecule is O=C(O)CC1CS(=O)(=O)CCN1c1ccncc1[N+](=O)[O-]. The highest BCUT2D eigenvalue weighted by Crippen LogP contribution is 2.31. The summed E-state index contributed by atoms with van der Waals surface area (Å²) in [5, 5.41) is 19.9. The van der Waals surface area contributed by atoms with E-state index in [1.54, 1.807) is 0 Å². The van der Waals surface area contributed by atoms with Crippen molar-refractivity contribution in [2.75, 3.05) is 23.0 Å². The smallest absolute Gasteiger partial charge is 0.310 e. The van der Waals surface area contributed by atoms with Gasteiger partial charge in [-0.15, -0.1) is 0 Å². The van der Waals surface area contributed by atoms with E-state index in [0.29, 0.717) is 0 Å². The maximum atomic E-state index is 11.7. The van der Waals surface area contributed by atoms with E-state index in [2.05, 4.69) is 4.98 Å². The van der Waals surface area contributed by atoms with Crippen LogP contribution in [0.1, 0.15) is 6.42 Å². The van der Waals surface area contributed by atoms with Crippen molar-refractivity contribution >= 4 is 27.2 Å². The highest BCUT2D eigenvalue weighted by Gasteiger charge is 2.35. The molecule has 2 heterocycles. The molecule has 1 fully saturated rings. The second-order valence-corrected chi connectivity index (χ2v) is 6.91. The average molecular weight is 315 g/mol. The molecule has 1 saturated heterocycles. The van der Waals surface area contributed by atoms with E-state index in [1.807, 2.05) is 0 Å². The Kier molecular flexibility index (Phi) is 4.07. The first-order chi connectivity index (χ1) is 9.80. The Morgan fingerprint density at radius 3 is 2.90 bits per heavy atom. The number of nitro groups is 1. The summed E-state index contributed by atoms with van der Waals surface area (Å²) in [4.78, 5) is 26.5. The minimum absolute atomic E-state index is 0.0190. The van der Waals surface area contributed by atoms with Crippen molar-refractivity contribution in [3.63, 3.8) is 0 Å². The van der Waals surface area contributed by atoms with Crippen LogP contribution in [-0.4, -0.2) is 53.5 Å². The molecule has 1 aromatic rings. The summed E-state index contributed by atoms with van der Waals surface area (Å²) in [6, 6.07) is 0.563. The second kappa shape index (κ2) is 5.64. The summed E-state index contributed by atoms with van der Waals surface area (Å²) < 4.78 is 23.3. The first-order valence-corrected chi connectivity index (χ1v) is 7.89. The molecule has 0 spiro atoms. The molecule has 1 aliphatic rings. The number of hydrogen-bond acceptors (Lipinski definition) is 7. The number of hydrogen-bond donors (Lipinski definition) is 1. The number of anilines is 1. The summed E-state index contributed by atoms with van der Waals surface area (Å²) in [7, 11) is -3.34. The first-order valence-electron chi connectivity index (χ1n) is 6.07. The first kappa shape index (κ1) is 15.2. The number of carboxylic acids is 1. The summed E-state index contributed by atoms with van der Waals surface area (Å²) >= 11 is 0.